The van der Waals surface area contributed by atoms with Crippen LogP contribution < -0.4 is 10.6 Å². The molecule has 0 radical (unpaired) electrons. The summed E-state index contributed by atoms with van der Waals surface area (Å²) in [4.78, 5) is 33.9. The molecular weight excluding hydrogens is 450 g/mol. The average molecular weight is 472 g/mol. The van der Waals surface area contributed by atoms with Crippen molar-refractivity contribution in [2.45, 2.75) is 53.7 Å². The van der Waals surface area contributed by atoms with Crippen LogP contribution in [0.25, 0.3) is 11.2 Å². The third-order valence-electron chi connectivity index (χ3n) is 6.28. The largest absolute Gasteiger partial charge is 0.465 e. The van der Waals surface area contributed by atoms with E-state index in [1.165, 1.54) is 16.7 Å². The molecule has 3 atom stereocenters. The van der Waals surface area contributed by atoms with Gasteiger partial charge in [-0.3, -0.25) is 0 Å². The molecule has 166 valence electrons. The molecule has 0 aromatic carbocycles. The van der Waals surface area contributed by atoms with Crippen LogP contribution >= 0.6 is 23.4 Å². The maximum atomic E-state index is 11.4. The van der Waals surface area contributed by atoms with Gasteiger partial charge in [0.25, 0.3) is 0 Å². The van der Waals surface area contributed by atoms with Crippen molar-refractivity contribution < 1.29 is 9.90 Å². The van der Waals surface area contributed by atoms with Crippen LogP contribution in [0.3, 0.4) is 0 Å². The fourth-order valence-electron chi connectivity index (χ4n) is 4.69. The number of pyridine rings is 2. The third kappa shape index (κ3) is 3.77. The molecule has 5 rings (SSSR count). The number of rotatable bonds is 4. The standard InChI is InChI=1S/C21H22ClN7O2S/c1-28(21(30)31)13-8-11-2-3-12(9-13)29(11)16-10-25-20-14(26-16)4-5-17(27-20)32-15-6-7-24-19(23)18(15)22/h4-7,10-13H,2-3,8-9H2,1H3,(H2,23,24)(H,30,31)/t11-,12+,13?. The Labute approximate surface area is 194 Å². The number of nitrogen functional groups attached to an aromatic ring is 1. The van der Waals surface area contributed by atoms with Crippen LogP contribution in [-0.4, -0.2) is 61.2 Å². The van der Waals surface area contributed by atoms with Gasteiger partial charge in [0.1, 0.15) is 22.2 Å². The Kier molecular flexibility index (Phi) is 5.42. The molecule has 5 heterocycles. The second-order valence-electron chi connectivity index (χ2n) is 8.14. The van der Waals surface area contributed by atoms with Crippen molar-refractivity contribution in [2.24, 2.45) is 0 Å². The lowest BCUT2D eigenvalue weighted by Gasteiger charge is -2.42. The highest BCUT2D eigenvalue weighted by Crippen LogP contribution is 2.40. The molecule has 2 aliphatic heterocycles. The molecule has 3 N–H and O–H groups in total. The Bertz CT molecular complexity index is 1180. The Hall–Kier alpha value is -2.85. The van der Waals surface area contributed by atoms with Crippen LogP contribution in [0.15, 0.2) is 40.5 Å². The maximum absolute atomic E-state index is 11.4. The molecule has 2 saturated heterocycles. The minimum Gasteiger partial charge on any atom is -0.465 e. The van der Waals surface area contributed by atoms with Crippen molar-refractivity contribution in [3.05, 3.63) is 35.6 Å². The Morgan fingerprint density at radius 1 is 1.22 bits per heavy atom. The molecule has 2 fully saturated rings. The van der Waals surface area contributed by atoms with Gasteiger partial charge in [0.15, 0.2) is 5.65 Å². The molecule has 3 aromatic rings. The first-order valence-electron chi connectivity index (χ1n) is 10.4. The summed E-state index contributed by atoms with van der Waals surface area (Å²) >= 11 is 7.64. The summed E-state index contributed by atoms with van der Waals surface area (Å²) in [6.07, 6.45) is 6.21. The topological polar surface area (TPSA) is 121 Å². The van der Waals surface area contributed by atoms with Gasteiger partial charge in [-0.1, -0.05) is 23.4 Å². The molecule has 2 aliphatic rings. The first-order chi connectivity index (χ1) is 15.4. The van der Waals surface area contributed by atoms with Gasteiger partial charge in [-0.25, -0.2) is 24.7 Å². The third-order valence-corrected chi connectivity index (χ3v) is 7.79. The summed E-state index contributed by atoms with van der Waals surface area (Å²) in [7, 11) is 1.66. The predicted octanol–water partition coefficient (Wildman–Crippen LogP) is 3.92. The second-order valence-corrected chi connectivity index (χ2v) is 9.58. The zero-order valence-corrected chi connectivity index (χ0v) is 18.9. The smallest absolute Gasteiger partial charge is 0.407 e. The van der Waals surface area contributed by atoms with Crippen molar-refractivity contribution in [3.63, 3.8) is 0 Å². The quantitative estimate of drug-likeness (QED) is 0.582. The van der Waals surface area contributed by atoms with E-state index < -0.39 is 6.09 Å². The zero-order chi connectivity index (χ0) is 22.4. The number of amides is 1. The molecule has 32 heavy (non-hydrogen) atoms. The number of hydrogen-bond donors (Lipinski definition) is 2. The van der Waals surface area contributed by atoms with Crippen LogP contribution in [-0.2, 0) is 0 Å². The van der Waals surface area contributed by atoms with Gasteiger partial charge >= 0.3 is 6.09 Å². The molecule has 3 aromatic heterocycles. The number of nitrogens with zero attached hydrogens (tertiary/aromatic N) is 6. The van der Waals surface area contributed by atoms with Gasteiger partial charge < -0.3 is 20.6 Å². The fraction of sp³-hybridized carbons (Fsp3) is 0.381. The summed E-state index contributed by atoms with van der Waals surface area (Å²) in [5.41, 5.74) is 7.06. The lowest BCUT2D eigenvalue weighted by Crippen LogP contribution is -2.51. The van der Waals surface area contributed by atoms with Crippen molar-refractivity contribution >= 4 is 52.3 Å². The summed E-state index contributed by atoms with van der Waals surface area (Å²) < 4.78 is 0. The number of piperidine rings is 1. The van der Waals surface area contributed by atoms with E-state index in [9.17, 15) is 9.90 Å². The molecule has 9 nitrogen and oxygen atoms in total. The van der Waals surface area contributed by atoms with E-state index in [4.69, 9.17) is 22.3 Å². The average Bonchev–Trinajstić information content (AvgIpc) is 3.05. The van der Waals surface area contributed by atoms with Gasteiger partial charge in [-0.15, -0.1) is 0 Å². The van der Waals surface area contributed by atoms with Crippen molar-refractivity contribution in [3.8, 4) is 0 Å². The van der Waals surface area contributed by atoms with Crippen molar-refractivity contribution in [2.75, 3.05) is 17.7 Å². The van der Waals surface area contributed by atoms with Gasteiger partial charge in [-0.05, 0) is 43.9 Å². The minimum absolute atomic E-state index is 0.0463. The van der Waals surface area contributed by atoms with E-state index in [1.54, 1.807) is 25.5 Å². The SMILES string of the molecule is CN(C(=O)O)C1C[C@H]2CC[C@@H](C1)N2c1cnc2nc(Sc3ccnc(N)c3Cl)ccc2n1. The van der Waals surface area contributed by atoms with E-state index in [1.807, 2.05) is 12.1 Å². The van der Waals surface area contributed by atoms with E-state index in [0.717, 1.165) is 46.9 Å². The van der Waals surface area contributed by atoms with Crippen molar-refractivity contribution in [1.29, 1.82) is 0 Å². The van der Waals surface area contributed by atoms with Gasteiger partial charge in [0.05, 0.1) is 11.2 Å². The van der Waals surface area contributed by atoms with Crippen LogP contribution in [0, 0.1) is 0 Å². The van der Waals surface area contributed by atoms with Crippen molar-refractivity contribution in [1.82, 2.24) is 24.8 Å². The molecule has 2 bridgehead atoms. The number of fused-ring (bicyclic) bond motifs is 3. The monoisotopic (exact) mass is 471 g/mol. The summed E-state index contributed by atoms with van der Waals surface area (Å²) in [5, 5.41) is 10.5. The number of anilines is 2. The first-order valence-corrected chi connectivity index (χ1v) is 11.6. The molecule has 1 amide bonds. The highest BCUT2D eigenvalue weighted by atomic mass is 35.5. The number of carboxylic acid groups (broad SMARTS) is 1. The normalized spacial score (nSPS) is 22.3. The minimum atomic E-state index is -0.871. The molecule has 1 unspecified atom stereocenters. The molecule has 11 heteroatoms. The summed E-state index contributed by atoms with van der Waals surface area (Å²) in [6, 6.07) is 6.19. The lowest BCUT2D eigenvalue weighted by molar-refractivity contribution is 0.125. The molecular formula is C21H22ClN7O2S. The van der Waals surface area contributed by atoms with Gasteiger partial charge in [0, 0.05) is 36.3 Å². The predicted molar refractivity (Wildman–Crippen MR) is 123 cm³/mol. The Balaban J connectivity index is 1.37. The van der Waals surface area contributed by atoms with E-state index in [-0.39, 0.29) is 23.9 Å². The number of nitrogens with two attached hydrogens (primary N) is 1. The Morgan fingerprint density at radius 2 is 1.97 bits per heavy atom. The zero-order valence-electron chi connectivity index (χ0n) is 17.3. The van der Waals surface area contributed by atoms with E-state index in [0.29, 0.717) is 10.7 Å². The summed E-state index contributed by atoms with van der Waals surface area (Å²) in [6.45, 7) is 0. The van der Waals surface area contributed by atoms with Gasteiger partial charge in [-0.2, -0.15) is 0 Å². The first kappa shape index (κ1) is 21.0. The maximum Gasteiger partial charge on any atom is 0.407 e. The lowest BCUT2D eigenvalue weighted by atomic mass is 9.96. The van der Waals surface area contributed by atoms with Crippen LogP contribution in [0.5, 0.6) is 0 Å². The highest BCUT2D eigenvalue weighted by Gasteiger charge is 2.43. The van der Waals surface area contributed by atoms with Crippen LogP contribution in [0.2, 0.25) is 5.02 Å². The van der Waals surface area contributed by atoms with Gasteiger partial charge in [0.2, 0.25) is 0 Å². The second kappa shape index (κ2) is 8.25. The number of aromatic nitrogens is 4. The molecule has 0 aliphatic carbocycles. The van der Waals surface area contributed by atoms with Crippen LogP contribution in [0.4, 0.5) is 16.4 Å². The Morgan fingerprint density at radius 3 is 2.69 bits per heavy atom. The number of carbonyl (C=O) groups is 1. The summed E-state index contributed by atoms with van der Waals surface area (Å²) in [5.74, 6) is 1.11. The van der Waals surface area contributed by atoms with E-state index >= 15 is 0 Å². The molecule has 0 saturated carbocycles. The molecule has 0 spiro atoms. The fourth-order valence-corrected chi connectivity index (χ4v) is 5.73. The van der Waals surface area contributed by atoms with Crippen LogP contribution in [0.1, 0.15) is 25.7 Å². The number of hydrogen-bond acceptors (Lipinski definition) is 8. The highest BCUT2D eigenvalue weighted by molar-refractivity contribution is 7.99. The van der Waals surface area contributed by atoms with E-state index in [2.05, 4.69) is 19.9 Å². The number of halogens is 1.